The molecule has 4 aromatic rings. The number of carbonyl (C=O) groups is 2. The summed E-state index contributed by atoms with van der Waals surface area (Å²) in [7, 11) is 1.27. The van der Waals surface area contributed by atoms with Gasteiger partial charge in [-0.3, -0.25) is 15.1 Å². The molecule has 0 radical (unpaired) electrons. The van der Waals surface area contributed by atoms with E-state index in [4.69, 9.17) is 9.47 Å². The van der Waals surface area contributed by atoms with Crippen molar-refractivity contribution in [3.63, 3.8) is 0 Å². The van der Waals surface area contributed by atoms with Crippen LogP contribution in [0.25, 0.3) is 0 Å². The zero-order valence-corrected chi connectivity index (χ0v) is 21.1. The first kappa shape index (κ1) is 26.8. The number of urea groups is 1. The van der Waals surface area contributed by atoms with Gasteiger partial charge in [0.2, 0.25) is 0 Å². The largest absolute Gasteiger partial charge is 0.480 e. The zero-order chi connectivity index (χ0) is 27.6. The molecular weight excluding hydrogens is 500 g/mol. The third-order valence-electron chi connectivity index (χ3n) is 5.78. The van der Waals surface area contributed by atoms with Gasteiger partial charge in [0, 0.05) is 30.4 Å². The van der Waals surface area contributed by atoms with E-state index in [-0.39, 0.29) is 17.8 Å². The summed E-state index contributed by atoms with van der Waals surface area (Å²) in [5.74, 6) is -0.312. The predicted octanol–water partition coefficient (Wildman–Crippen LogP) is 5.31. The van der Waals surface area contributed by atoms with Crippen LogP contribution in [0.5, 0.6) is 5.75 Å². The summed E-state index contributed by atoms with van der Waals surface area (Å²) < 4.78 is 11.3. The number of ether oxygens (including phenoxy) is 2. The van der Waals surface area contributed by atoms with Gasteiger partial charge in [-0.25, -0.2) is 9.59 Å². The highest BCUT2D eigenvalue weighted by Crippen LogP contribution is 2.32. The van der Waals surface area contributed by atoms with E-state index in [2.05, 4.69) is 15.6 Å². The first-order valence-electron chi connectivity index (χ1n) is 12.1. The maximum atomic E-state index is 12.6. The maximum absolute atomic E-state index is 12.6. The summed E-state index contributed by atoms with van der Waals surface area (Å²) >= 11 is 0. The van der Waals surface area contributed by atoms with Crippen molar-refractivity contribution in [2.45, 2.75) is 12.5 Å². The van der Waals surface area contributed by atoms with E-state index in [1.807, 2.05) is 60.7 Å². The number of esters is 1. The molecule has 39 heavy (non-hydrogen) atoms. The van der Waals surface area contributed by atoms with Crippen LogP contribution in [0.3, 0.4) is 0 Å². The number of hydrogen-bond acceptors (Lipinski definition) is 7. The quantitative estimate of drug-likeness (QED) is 0.163. The lowest BCUT2D eigenvalue weighted by molar-refractivity contribution is -0.385. The number of hydrogen-bond donors (Lipinski definition) is 2. The Hall–Kier alpha value is -5.25. The van der Waals surface area contributed by atoms with Crippen molar-refractivity contribution in [2.75, 3.05) is 19.0 Å². The second kappa shape index (κ2) is 12.8. The van der Waals surface area contributed by atoms with Crippen molar-refractivity contribution in [1.29, 1.82) is 0 Å². The number of carbonyl (C=O) groups excluding carboxylic acids is 2. The van der Waals surface area contributed by atoms with Crippen molar-refractivity contribution >= 4 is 23.4 Å². The monoisotopic (exact) mass is 526 g/mol. The minimum absolute atomic E-state index is 0.0999. The first-order chi connectivity index (χ1) is 18.9. The third-order valence-corrected chi connectivity index (χ3v) is 5.78. The molecule has 1 aromatic heterocycles. The number of aromatic nitrogens is 1. The zero-order valence-electron chi connectivity index (χ0n) is 21.1. The van der Waals surface area contributed by atoms with E-state index < -0.39 is 23.0 Å². The van der Waals surface area contributed by atoms with Gasteiger partial charge >= 0.3 is 12.0 Å². The maximum Gasteiger partial charge on any atom is 0.341 e. The highest BCUT2D eigenvalue weighted by atomic mass is 16.6. The molecule has 0 saturated carbocycles. The smallest absolute Gasteiger partial charge is 0.341 e. The lowest BCUT2D eigenvalue weighted by Gasteiger charge is -2.22. The van der Waals surface area contributed by atoms with Gasteiger partial charge in [0.15, 0.2) is 0 Å². The summed E-state index contributed by atoms with van der Waals surface area (Å²) in [4.78, 5) is 39.3. The molecular formula is C29H26N4O6. The van der Waals surface area contributed by atoms with Gasteiger partial charge < -0.3 is 20.1 Å². The fourth-order valence-electron chi connectivity index (χ4n) is 3.84. The Morgan fingerprint density at radius 2 is 1.62 bits per heavy atom. The van der Waals surface area contributed by atoms with Crippen LogP contribution < -0.4 is 15.4 Å². The molecule has 3 aromatic carbocycles. The highest BCUT2D eigenvalue weighted by molar-refractivity contribution is 5.96. The number of nitrogens with one attached hydrogen (secondary N) is 2. The molecule has 0 saturated heterocycles. The number of pyridine rings is 1. The van der Waals surface area contributed by atoms with Crippen LogP contribution in [-0.2, 0) is 11.2 Å². The van der Waals surface area contributed by atoms with Gasteiger partial charge in [-0.15, -0.1) is 0 Å². The van der Waals surface area contributed by atoms with E-state index in [1.54, 1.807) is 12.1 Å². The van der Waals surface area contributed by atoms with Crippen LogP contribution in [-0.4, -0.2) is 35.6 Å². The molecule has 0 spiro atoms. The van der Waals surface area contributed by atoms with Crippen LogP contribution >= 0.6 is 0 Å². The van der Waals surface area contributed by atoms with Crippen molar-refractivity contribution < 1.29 is 24.0 Å². The Bertz CT molecular complexity index is 1390. The van der Waals surface area contributed by atoms with Crippen molar-refractivity contribution in [3.05, 3.63) is 130 Å². The minimum Gasteiger partial charge on any atom is -0.480 e. The summed E-state index contributed by atoms with van der Waals surface area (Å²) in [6.07, 6.45) is 1.07. The minimum atomic E-state index is -0.613. The Labute approximate surface area is 224 Å². The number of nitro groups is 1. The standard InChI is InChI=1S/C29H26N4O6/c1-38-28(34)25-18-23(32-29(35)30-17-16-22-12-14-24(19-31-22)33(36)37)13-15-26(25)39-27(20-8-4-2-5-9-20)21-10-6-3-7-11-21/h2-15,18-19,27H,16-17H2,1H3,(H2,30,32,35). The normalized spacial score (nSPS) is 10.5. The summed E-state index contributed by atoms with van der Waals surface area (Å²) in [5.41, 5.74) is 2.83. The SMILES string of the molecule is COC(=O)c1cc(NC(=O)NCCc2ccc([N+](=O)[O-])cn2)ccc1OC(c1ccccc1)c1ccccc1. The average Bonchev–Trinajstić information content (AvgIpc) is 2.97. The lowest BCUT2D eigenvalue weighted by atomic mass is 10.0. The van der Waals surface area contributed by atoms with Crippen molar-refractivity contribution in [1.82, 2.24) is 10.3 Å². The number of anilines is 1. The van der Waals surface area contributed by atoms with E-state index in [1.165, 1.54) is 31.5 Å². The molecule has 0 atom stereocenters. The fraction of sp³-hybridized carbons (Fsp3) is 0.138. The predicted molar refractivity (Wildman–Crippen MR) is 145 cm³/mol. The molecule has 2 N–H and O–H groups in total. The molecule has 2 amide bonds. The Kier molecular flexibility index (Phi) is 8.81. The van der Waals surface area contributed by atoms with Gasteiger partial charge in [0.05, 0.1) is 12.0 Å². The van der Waals surface area contributed by atoms with Gasteiger partial charge in [-0.2, -0.15) is 0 Å². The van der Waals surface area contributed by atoms with E-state index >= 15 is 0 Å². The lowest BCUT2D eigenvalue weighted by Crippen LogP contribution is -2.30. The molecule has 1 heterocycles. The number of methoxy groups -OCH3 is 1. The molecule has 10 heteroatoms. The second-order valence-electron chi connectivity index (χ2n) is 8.42. The van der Waals surface area contributed by atoms with Crippen LogP contribution in [0.15, 0.2) is 97.2 Å². The third kappa shape index (κ3) is 7.16. The van der Waals surface area contributed by atoms with Gasteiger partial charge in [0.25, 0.3) is 5.69 Å². The number of benzene rings is 3. The Balaban J connectivity index is 1.46. The van der Waals surface area contributed by atoms with Crippen LogP contribution in [0, 0.1) is 10.1 Å². The number of amides is 2. The van der Waals surface area contributed by atoms with Crippen molar-refractivity contribution in [2.24, 2.45) is 0 Å². The Morgan fingerprint density at radius 3 is 2.18 bits per heavy atom. The molecule has 0 aliphatic carbocycles. The topological polar surface area (TPSA) is 133 Å². The summed E-state index contributed by atoms with van der Waals surface area (Å²) in [6.45, 7) is 0.248. The highest BCUT2D eigenvalue weighted by Gasteiger charge is 2.21. The molecule has 10 nitrogen and oxygen atoms in total. The van der Waals surface area contributed by atoms with Gasteiger partial charge in [-0.1, -0.05) is 60.7 Å². The molecule has 0 aliphatic heterocycles. The molecule has 0 aliphatic rings. The average molecular weight is 527 g/mol. The van der Waals surface area contributed by atoms with E-state index in [0.29, 0.717) is 23.6 Å². The molecule has 0 unspecified atom stereocenters. The summed E-state index contributed by atoms with van der Waals surface area (Å²) in [5, 5.41) is 16.1. The second-order valence-corrected chi connectivity index (χ2v) is 8.42. The van der Waals surface area contributed by atoms with Crippen LogP contribution in [0.2, 0.25) is 0 Å². The number of rotatable bonds is 10. The van der Waals surface area contributed by atoms with Crippen LogP contribution in [0.4, 0.5) is 16.2 Å². The fourth-order valence-corrected chi connectivity index (χ4v) is 3.84. The van der Waals surface area contributed by atoms with E-state index in [0.717, 1.165) is 11.1 Å². The molecule has 198 valence electrons. The van der Waals surface area contributed by atoms with Crippen LogP contribution in [0.1, 0.15) is 33.3 Å². The van der Waals surface area contributed by atoms with Gasteiger partial charge in [-0.05, 0) is 35.4 Å². The van der Waals surface area contributed by atoms with E-state index in [9.17, 15) is 19.7 Å². The molecule has 0 bridgehead atoms. The number of nitrogens with zero attached hydrogens (tertiary/aromatic N) is 2. The van der Waals surface area contributed by atoms with Gasteiger partial charge in [0.1, 0.15) is 23.6 Å². The molecule has 0 fully saturated rings. The molecule has 4 rings (SSSR count). The summed E-state index contributed by atoms with van der Waals surface area (Å²) in [6, 6.07) is 26.4. The van der Waals surface area contributed by atoms with Crippen molar-refractivity contribution in [3.8, 4) is 5.75 Å². The Morgan fingerprint density at radius 1 is 0.949 bits per heavy atom. The first-order valence-corrected chi connectivity index (χ1v) is 12.1.